The van der Waals surface area contributed by atoms with Crippen LogP contribution < -0.4 is 5.32 Å². The lowest BCUT2D eigenvalue weighted by molar-refractivity contribution is 0.166. The Bertz CT molecular complexity index is 929. The maximum atomic E-state index is 11.0. The average Bonchev–Trinajstić information content (AvgIpc) is 3.08. The van der Waals surface area contributed by atoms with Gasteiger partial charge >= 0.3 is 15.6 Å². The maximum Gasteiger partial charge on any atom is 0.469 e. The summed E-state index contributed by atoms with van der Waals surface area (Å²) in [6.45, 7) is -0.264. The largest absolute Gasteiger partial charge is 0.469 e. The first-order valence-electron chi connectivity index (χ1n) is 7.95. The number of nitrogens with zero attached hydrogens (tertiary/aromatic N) is 4. The molecule has 3 rings (SSSR count). The van der Waals surface area contributed by atoms with Gasteiger partial charge in [0.05, 0.1) is 19.5 Å². The molecule has 1 aliphatic rings. The predicted molar refractivity (Wildman–Crippen MR) is 96.3 cm³/mol. The fourth-order valence-corrected chi connectivity index (χ4v) is 4.01. The number of imidazole rings is 1. The van der Waals surface area contributed by atoms with Gasteiger partial charge in [0.1, 0.15) is 0 Å². The molecule has 156 valence electrons. The average molecular weight is 458 g/mol. The summed E-state index contributed by atoms with van der Waals surface area (Å²) in [7, 11) is -7.69. The number of rotatable bonds is 9. The van der Waals surface area contributed by atoms with Crippen LogP contribution >= 0.6 is 27.2 Å². The highest BCUT2D eigenvalue weighted by atomic mass is 35.5. The molecular weight excluding hydrogens is 440 g/mol. The molecule has 0 radical (unpaired) electrons. The van der Waals surface area contributed by atoms with Crippen LogP contribution in [0.4, 0.5) is 5.82 Å². The molecule has 0 bridgehead atoms. The zero-order valence-electron chi connectivity index (χ0n) is 14.4. The summed E-state index contributed by atoms with van der Waals surface area (Å²) in [5, 5.41) is 2.87. The molecule has 2 heterocycles. The fraction of sp³-hybridized carbons (Fsp3) is 0.583. The summed E-state index contributed by atoms with van der Waals surface area (Å²) in [5.41, 5.74) is 0.930. The van der Waals surface area contributed by atoms with Gasteiger partial charge in [0.25, 0.3) is 0 Å². The number of aromatic nitrogens is 4. The Balaban J connectivity index is 1.78. The SMILES string of the molecule is CNc1nc(Cl)nc2c1ncn2CC1[C@H](COP(=O)(O)O)[C@H]1COP(=O)(O)O. The van der Waals surface area contributed by atoms with E-state index < -0.39 is 15.6 Å². The van der Waals surface area contributed by atoms with Crippen molar-refractivity contribution < 1.29 is 37.8 Å². The third-order valence-electron chi connectivity index (χ3n) is 4.46. The molecule has 16 heteroatoms. The minimum absolute atomic E-state index is 0.0113. The molecule has 0 spiro atoms. The van der Waals surface area contributed by atoms with Crippen LogP contribution in [0.25, 0.3) is 11.2 Å². The van der Waals surface area contributed by atoms with Gasteiger partial charge in [0.15, 0.2) is 17.0 Å². The van der Waals surface area contributed by atoms with E-state index in [1.54, 1.807) is 11.6 Å². The Labute approximate surface area is 163 Å². The van der Waals surface area contributed by atoms with Crippen LogP contribution in [0.15, 0.2) is 6.33 Å². The van der Waals surface area contributed by atoms with E-state index in [0.717, 1.165) is 0 Å². The second-order valence-corrected chi connectivity index (χ2v) is 9.04. The molecule has 5 N–H and O–H groups in total. The number of hydrogen-bond donors (Lipinski definition) is 5. The van der Waals surface area contributed by atoms with E-state index in [4.69, 9.17) is 31.2 Å². The van der Waals surface area contributed by atoms with Crippen LogP contribution in [-0.4, -0.2) is 59.4 Å². The molecule has 0 aromatic carbocycles. The van der Waals surface area contributed by atoms with E-state index in [1.807, 2.05) is 0 Å². The normalized spacial score (nSPS) is 22.6. The Kier molecular flexibility index (Phi) is 6.12. The molecule has 13 nitrogen and oxygen atoms in total. The molecule has 1 fully saturated rings. The smallest absolute Gasteiger partial charge is 0.371 e. The number of anilines is 1. The Morgan fingerprint density at radius 2 is 1.68 bits per heavy atom. The van der Waals surface area contributed by atoms with E-state index in [0.29, 0.717) is 23.5 Å². The van der Waals surface area contributed by atoms with Crippen LogP contribution in [0.3, 0.4) is 0 Å². The van der Waals surface area contributed by atoms with Gasteiger partial charge in [-0.15, -0.1) is 0 Å². The number of hydrogen-bond acceptors (Lipinski definition) is 8. The fourth-order valence-electron chi connectivity index (χ4n) is 3.11. The van der Waals surface area contributed by atoms with E-state index in [1.165, 1.54) is 6.33 Å². The van der Waals surface area contributed by atoms with Gasteiger partial charge < -0.3 is 29.5 Å². The van der Waals surface area contributed by atoms with E-state index in [2.05, 4.69) is 29.3 Å². The summed E-state index contributed by atoms with van der Waals surface area (Å²) in [5.74, 6) is -0.551. The molecule has 1 saturated carbocycles. The monoisotopic (exact) mass is 457 g/mol. The number of nitrogens with one attached hydrogen (secondary N) is 1. The van der Waals surface area contributed by atoms with Crippen LogP contribution in [-0.2, 0) is 24.7 Å². The third kappa shape index (κ3) is 5.26. The molecule has 0 aliphatic heterocycles. The predicted octanol–water partition coefficient (Wildman–Crippen LogP) is 0.602. The molecule has 0 amide bonds. The van der Waals surface area contributed by atoms with Crippen molar-refractivity contribution in [2.45, 2.75) is 6.54 Å². The quantitative estimate of drug-likeness (QED) is 0.261. The minimum atomic E-state index is -4.67. The van der Waals surface area contributed by atoms with E-state index >= 15 is 0 Å². The van der Waals surface area contributed by atoms with E-state index in [-0.39, 0.29) is 36.3 Å². The molecule has 2 aromatic heterocycles. The first-order valence-corrected chi connectivity index (χ1v) is 11.4. The lowest BCUT2D eigenvalue weighted by Gasteiger charge is -2.06. The minimum Gasteiger partial charge on any atom is -0.371 e. The first kappa shape index (κ1) is 21.6. The van der Waals surface area contributed by atoms with Crippen molar-refractivity contribution in [3.8, 4) is 0 Å². The Morgan fingerprint density at radius 1 is 1.11 bits per heavy atom. The van der Waals surface area contributed by atoms with Crippen LogP contribution in [0, 0.1) is 17.8 Å². The van der Waals surface area contributed by atoms with Gasteiger partial charge in [0.2, 0.25) is 5.28 Å². The summed E-state index contributed by atoms with van der Waals surface area (Å²) >= 11 is 5.92. The summed E-state index contributed by atoms with van der Waals surface area (Å²) < 4.78 is 32.7. The van der Waals surface area contributed by atoms with Gasteiger partial charge in [-0.1, -0.05) is 0 Å². The highest BCUT2D eigenvalue weighted by Crippen LogP contribution is 2.52. The highest BCUT2D eigenvalue weighted by Gasteiger charge is 2.51. The van der Waals surface area contributed by atoms with Gasteiger partial charge in [-0.25, -0.2) is 14.1 Å². The van der Waals surface area contributed by atoms with Gasteiger partial charge in [-0.05, 0) is 29.4 Å². The van der Waals surface area contributed by atoms with Crippen molar-refractivity contribution in [2.24, 2.45) is 17.8 Å². The number of halogens is 1. The van der Waals surface area contributed by atoms with Gasteiger partial charge in [0, 0.05) is 13.6 Å². The molecule has 1 aliphatic carbocycles. The Morgan fingerprint density at radius 3 is 2.18 bits per heavy atom. The van der Waals surface area contributed by atoms with Gasteiger partial charge in [-0.2, -0.15) is 9.97 Å². The molecular formula is C12H18ClN5O8P2. The molecule has 28 heavy (non-hydrogen) atoms. The summed E-state index contributed by atoms with van der Waals surface area (Å²) in [4.78, 5) is 48.0. The second kappa shape index (κ2) is 7.94. The van der Waals surface area contributed by atoms with E-state index in [9.17, 15) is 9.13 Å². The zero-order chi connectivity index (χ0) is 20.7. The van der Waals surface area contributed by atoms with Crippen molar-refractivity contribution in [3.05, 3.63) is 11.6 Å². The third-order valence-corrected chi connectivity index (χ3v) is 5.60. The molecule has 2 atom stereocenters. The van der Waals surface area contributed by atoms with Crippen LogP contribution in [0.2, 0.25) is 5.28 Å². The molecule has 0 saturated heterocycles. The van der Waals surface area contributed by atoms with Crippen molar-refractivity contribution >= 4 is 44.2 Å². The highest BCUT2D eigenvalue weighted by molar-refractivity contribution is 7.46. The van der Waals surface area contributed by atoms with Crippen molar-refractivity contribution in [2.75, 3.05) is 25.6 Å². The van der Waals surface area contributed by atoms with Crippen LogP contribution in [0.1, 0.15) is 0 Å². The lowest BCUT2D eigenvalue weighted by Crippen LogP contribution is -2.05. The number of phosphoric acid groups is 2. The lowest BCUT2D eigenvalue weighted by atomic mass is 10.3. The zero-order valence-corrected chi connectivity index (χ0v) is 17.0. The maximum absolute atomic E-state index is 11.0. The standard InChI is InChI=1S/C12H18ClN5O8P2/c1-14-10-9-11(17-12(13)16-10)18(5-15-9)2-6-7(3-25-27(19,20)21)8(6)4-26-28(22,23)24/h5-8H,2-4H2,1H3,(H,14,16,17)(H2,19,20,21)(H2,22,23,24)/t7-,8-/m0/s1. The van der Waals surface area contributed by atoms with Crippen molar-refractivity contribution in [1.29, 1.82) is 0 Å². The molecule has 2 aromatic rings. The summed E-state index contributed by atoms with van der Waals surface area (Å²) in [6.07, 6.45) is 1.51. The van der Waals surface area contributed by atoms with Crippen molar-refractivity contribution in [1.82, 2.24) is 19.5 Å². The first-order chi connectivity index (χ1) is 13.0. The topological polar surface area (TPSA) is 189 Å². The molecule has 0 unspecified atom stereocenters. The van der Waals surface area contributed by atoms with Gasteiger partial charge in [-0.3, -0.25) is 9.05 Å². The Hall–Kier alpha value is -1.14. The second-order valence-electron chi connectivity index (χ2n) is 6.22. The number of fused-ring (bicyclic) bond motifs is 1. The number of phosphoric ester groups is 2. The summed E-state index contributed by atoms with van der Waals surface area (Å²) in [6, 6.07) is 0. The van der Waals surface area contributed by atoms with Crippen molar-refractivity contribution in [3.63, 3.8) is 0 Å². The van der Waals surface area contributed by atoms with Crippen LogP contribution in [0.5, 0.6) is 0 Å².